The molecule has 31 heavy (non-hydrogen) atoms. The van der Waals surface area contributed by atoms with Gasteiger partial charge >= 0.3 is 0 Å². The fourth-order valence-electron chi connectivity index (χ4n) is 5.13. The van der Waals surface area contributed by atoms with Crippen LogP contribution in [0.5, 0.6) is 5.75 Å². The van der Waals surface area contributed by atoms with Crippen molar-refractivity contribution >= 4 is 34.8 Å². The largest absolute Gasteiger partial charge is 0.497 e. The van der Waals surface area contributed by atoms with Gasteiger partial charge in [-0.2, -0.15) is 0 Å². The van der Waals surface area contributed by atoms with Crippen LogP contribution in [0.1, 0.15) is 43.7 Å². The zero-order chi connectivity index (χ0) is 22.0. The summed E-state index contributed by atoms with van der Waals surface area (Å²) in [6.45, 7) is 0.883. The van der Waals surface area contributed by atoms with Crippen molar-refractivity contribution in [3.8, 4) is 5.75 Å². The van der Waals surface area contributed by atoms with E-state index < -0.39 is 5.60 Å². The summed E-state index contributed by atoms with van der Waals surface area (Å²) >= 11 is 12.2. The van der Waals surface area contributed by atoms with Gasteiger partial charge in [-0.3, -0.25) is 9.69 Å². The van der Waals surface area contributed by atoms with Crippen LogP contribution in [0.25, 0.3) is 0 Å². The fraction of sp³-hybridized carbons (Fsp3) is 0.458. The number of ether oxygens (including phenoxy) is 1. The number of hydrogen-bond acceptors (Lipinski definition) is 4. The summed E-state index contributed by atoms with van der Waals surface area (Å²) in [6.07, 6.45) is 4.61. The zero-order valence-electron chi connectivity index (χ0n) is 17.6. The van der Waals surface area contributed by atoms with E-state index in [0.717, 1.165) is 37.0 Å². The van der Waals surface area contributed by atoms with Crippen molar-refractivity contribution in [1.29, 1.82) is 0 Å². The van der Waals surface area contributed by atoms with Crippen molar-refractivity contribution in [3.63, 3.8) is 0 Å². The average Bonchev–Trinajstić information content (AvgIpc) is 2.76. The predicted octanol–water partition coefficient (Wildman–Crippen LogP) is 5.31. The van der Waals surface area contributed by atoms with Gasteiger partial charge in [0.25, 0.3) is 0 Å². The quantitative estimate of drug-likeness (QED) is 0.631. The summed E-state index contributed by atoms with van der Waals surface area (Å²) in [5.41, 5.74) is 0.973. The number of nitrogens with zero attached hydrogens (tertiary/aromatic N) is 1. The molecule has 1 amide bonds. The number of carbonyl (C=O) groups is 1. The Morgan fingerprint density at radius 3 is 2.68 bits per heavy atom. The second-order valence-electron chi connectivity index (χ2n) is 8.57. The third-order valence-electron chi connectivity index (χ3n) is 6.68. The number of halogens is 2. The molecule has 0 unspecified atom stereocenters. The molecule has 5 nitrogen and oxygen atoms in total. The molecule has 166 valence electrons. The van der Waals surface area contributed by atoms with Gasteiger partial charge in [0.2, 0.25) is 5.91 Å². The smallest absolute Gasteiger partial charge is 0.238 e. The maximum Gasteiger partial charge on any atom is 0.238 e. The Bertz CT molecular complexity index is 937. The Morgan fingerprint density at radius 1 is 1.19 bits per heavy atom. The van der Waals surface area contributed by atoms with Crippen LogP contribution in [-0.4, -0.2) is 41.7 Å². The number of fused-ring (bicyclic) bond motifs is 1. The second-order valence-corrected chi connectivity index (χ2v) is 9.41. The SMILES string of the molecule is COc1ccc([C@H]2[C@@H]3CCCC[C@]3(O)CCN2CC(=O)Nc2ccc(Cl)cc2Cl)cc1. The monoisotopic (exact) mass is 462 g/mol. The lowest BCUT2D eigenvalue weighted by Crippen LogP contribution is -2.56. The van der Waals surface area contributed by atoms with Crippen LogP contribution >= 0.6 is 23.2 Å². The highest BCUT2D eigenvalue weighted by atomic mass is 35.5. The number of hydrogen-bond donors (Lipinski definition) is 2. The number of nitrogens with one attached hydrogen (secondary N) is 1. The van der Waals surface area contributed by atoms with Gasteiger partial charge in [0.1, 0.15) is 5.75 Å². The Balaban J connectivity index is 1.57. The standard InChI is InChI=1S/C24H28Cl2N2O3/c1-31-18-8-5-16(6-9-18)23-19-4-2-3-11-24(19,30)12-13-28(23)15-22(29)27-21-10-7-17(25)14-20(21)26/h5-10,14,19,23,30H,2-4,11-13,15H2,1H3,(H,27,29)/t19-,23-,24-/m0/s1. The molecular formula is C24H28Cl2N2O3. The van der Waals surface area contributed by atoms with Gasteiger partial charge in [-0.1, -0.05) is 48.2 Å². The van der Waals surface area contributed by atoms with Crippen molar-refractivity contribution in [3.05, 3.63) is 58.1 Å². The van der Waals surface area contributed by atoms with Crippen LogP contribution in [0.4, 0.5) is 5.69 Å². The molecule has 2 fully saturated rings. The summed E-state index contributed by atoms with van der Waals surface area (Å²) in [4.78, 5) is 15.1. The highest BCUT2D eigenvalue weighted by Crippen LogP contribution is 2.49. The molecule has 2 aromatic carbocycles. The van der Waals surface area contributed by atoms with E-state index in [4.69, 9.17) is 27.9 Å². The highest BCUT2D eigenvalue weighted by Gasteiger charge is 2.49. The van der Waals surface area contributed by atoms with E-state index in [1.54, 1.807) is 25.3 Å². The number of rotatable bonds is 5. The van der Waals surface area contributed by atoms with Crippen LogP contribution in [0.15, 0.2) is 42.5 Å². The van der Waals surface area contributed by atoms with Crippen molar-refractivity contribution < 1.29 is 14.6 Å². The normalized spacial score (nSPS) is 26.2. The third kappa shape index (κ3) is 4.85. The first-order chi connectivity index (χ1) is 14.9. The third-order valence-corrected chi connectivity index (χ3v) is 7.23. The van der Waals surface area contributed by atoms with Gasteiger partial charge in [-0.05, 0) is 55.2 Å². The van der Waals surface area contributed by atoms with Gasteiger partial charge in [0, 0.05) is 23.5 Å². The van der Waals surface area contributed by atoms with E-state index >= 15 is 0 Å². The first kappa shape index (κ1) is 22.4. The molecule has 1 heterocycles. The van der Waals surface area contributed by atoms with Crippen molar-refractivity contribution in [2.24, 2.45) is 5.92 Å². The maximum atomic E-state index is 12.9. The van der Waals surface area contributed by atoms with E-state index in [-0.39, 0.29) is 24.4 Å². The number of anilines is 1. The number of likely N-dealkylation sites (tertiary alicyclic amines) is 1. The molecule has 0 bridgehead atoms. The lowest BCUT2D eigenvalue weighted by atomic mass is 9.66. The van der Waals surface area contributed by atoms with Crippen LogP contribution in [0.2, 0.25) is 10.0 Å². The molecule has 0 radical (unpaired) electrons. The summed E-state index contributed by atoms with van der Waals surface area (Å²) in [6, 6.07) is 13.0. The summed E-state index contributed by atoms with van der Waals surface area (Å²) < 4.78 is 5.31. The first-order valence-electron chi connectivity index (χ1n) is 10.7. The number of methoxy groups -OCH3 is 1. The summed E-state index contributed by atoms with van der Waals surface area (Å²) in [5, 5.41) is 15.2. The van der Waals surface area contributed by atoms with Crippen LogP contribution in [-0.2, 0) is 4.79 Å². The summed E-state index contributed by atoms with van der Waals surface area (Å²) in [5.74, 6) is 0.749. The fourth-order valence-corrected chi connectivity index (χ4v) is 5.58. The van der Waals surface area contributed by atoms with E-state index in [9.17, 15) is 9.90 Å². The number of carbonyl (C=O) groups excluding carboxylic acids is 1. The molecule has 0 spiro atoms. The van der Waals surface area contributed by atoms with Gasteiger partial charge < -0.3 is 15.2 Å². The Hall–Kier alpha value is -1.79. The average molecular weight is 463 g/mol. The molecule has 1 saturated carbocycles. The molecule has 1 aliphatic carbocycles. The molecule has 2 N–H and O–H groups in total. The molecule has 1 aliphatic heterocycles. The molecule has 7 heteroatoms. The molecule has 2 aliphatic rings. The van der Waals surface area contributed by atoms with Crippen molar-refractivity contribution in [2.75, 3.05) is 25.5 Å². The minimum atomic E-state index is -0.671. The van der Waals surface area contributed by atoms with Gasteiger partial charge in [-0.15, -0.1) is 0 Å². The topological polar surface area (TPSA) is 61.8 Å². The van der Waals surface area contributed by atoms with Crippen LogP contribution < -0.4 is 10.1 Å². The van der Waals surface area contributed by atoms with Crippen LogP contribution in [0.3, 0.4) is 0 Å². The van der Waals surface area contributed by atoms with Crippen molar-refractivity contribution in [1.82, 2.24) is 4.90 Å². The molecule has 4 rings (SSSR count). The van der Waals surface area contributed by atoms with E-state index in [1.165, 1.54) is 0 Å². The highest BCUT2D eigenvalue weighted by molar-refractivity contribution is 6.36. The Morgan fingerprint density at radius 2 is 1.97 bits per heavy atom. The molecular weight excluding hydrogens is 435 g/mol. The Kier molecular flexibility index (Phi) is 6.77. The number of aliphatic hydroxyl groups is 1. The van der Waals surface area contributed by atoms with Crippen molar-refractivity contribution in [2.45, 2.75) is 43.7 Å². The van der Waals surface area contributed by atoms with Crippen LogP contribution in [0, 0.1) is 5.92 Å². The lowest BCUT2D eigenvalue weighted by Gasteiger charge is -2.52. The molecule has 2 aromatic rings. The number of benzene rings is 2. The zero-order valence-corrected chi connectivity index (χ0v) is 19.1. The minimum absolute atomic E-state index is 0.0311. The lowest BCUT2D eigenvalue weighted by molar-refractivity contribution is -0.135. The molecule has 0 aromatic heterocycles. The van der Waals surface area contributed by atoms with Gasteiger partial charge in [0.15, 0.2) is 0 Å². The minimum Gasteiger partial charge on any atom is -0.497 e. The number of amides is 1. The second kappa shape index (κ2) is 9.37. The number of piperidine rings is 1. The van der Waals surface area contributed by atoms with E-state index in [2.05, 4.69) is 10.2 Å². The van der Waals surface area contributed by atoms with Gasteiger partial charge in [0.05, 0.1) is 30.0 Å². The summed E-state index contributed by atoms with van der Waals surface area (Å²) in [7, 11) is 1.65. The van der Waals surface area contributed by atoms with E-state index in [1.807, 2.05) is 24.3 Å². The van der Waals surface area contributed by atoms with E-state index in [0.29, 0.717) is 28.7 Å². The maximum absolute atomic E-state index is 12.9. The first-order valence-corrected chi connectivity index (χ1v) is 11.5. The Labute approximate surface area is 193 Å². The predicted molar refractivity (Wildman–Crippen MR) is 124 cm³/mol. The molecule has 3 atom stereocenters. The molecule has 1 saturated heterocycles. The van der Waals surface area contributed by atoms with Gasteiger partial charge in [-0.25, -0.2) is 0 Å².